The minimum atomic E-state index is -0.708. The zero-order valence-corrected chi connectivity index (χ0v) is 12.8. The molecule has 0 aromatic rings. The fourth-order valence-corrected chi connectivity index (χ4v) is 3.61. The van der Waals surface area contributed by atoms with Crippen molar-refractivity contribution < 1.29 is 14.7 Å². The van der Waals surface area contributed by atoms with E-state index in [0.29, 0.717) is 12.6 Å². The first kappa shape index (κ1) is 16.2. The topological polar surface area (TPSA) is 86.9 Å². The Bertz CT molecular complexity index is 376. The Hall–Kier alpha value is -1.14. The van der Waals surface area contributed by atoms with Gasteiger partial charge in [0.1, 0.15) is 6.04 Å². The Kier molecular flexibility index (Phi) is 5.58. The van der Waals surface area contributed by atoms with Crippen LogP contribution in [0.3, 0.4) is 0 Å². The maximum Gasteiger partial charge on any atom is 0.320 e. The zero-order chi connectivity index (χ0) is 15.4. The number of carbonyl (C=O) groups excluding carboxylic acids is 1. The van der Waals surface area contributed by atoms with Gasteiger partial charge in [-0.1, -0.05) is 6.92 Å². The molecule has 21 heavy (non-hydrogen) atoms. The minimum absolute atomic E-state index is 0.0693. The SMILES string of the molecule is CCC(CN)C(=O)N1CCC(N2CCCC2C(=O)O)CC1. The number of likely N-dealkylation sites (tertiary alicyclic amines) is 2. The monoisotopic (exact) mass is 297 g/mol. The normalized spacial score (nSPS) is 26.0. The number of carboxylic acids is 1. The van der Waals surface area contributed by atoms with Gasteiger partial charge in [0.05, 0.1) is 5.92 Å². The van der Waals surface area contributed by atoms with Crippen LogP contribution in [0.4, 0.5) is 0 Å². The summed E-state index contributed by atoms with van der Waals surface area (Å²) >= 11 is 0. The highest BCUT2D eigenvalue weighted by Gasteiger charge is 2.37. The molecule has 6 heteroatoms. The molecule has 1 amide bonds. The maximum absolute atomic E-state index is 12.3. The molecule has 2 rings (SSSR count). The van der Waals surface area contributed by atoms with Crippen LogP contribution in [0.15, 0.2) is 0 Å². The van der Waals surface area contributed by atoms with Gasteiger partial charge < -0.3 is 15.7 Å². The second-order valence-electron chi connectivity index (χ2n) is 6.13. The third-order valence-electron chi connectivity index (χ3n) is 4.95. The fraction of sp³-hybridized carbons (Fsp3) is 0.867. The van der Waals surface area contributed by atoms with Gasteiger partial charge in [0.25, 0.3) is 0 Å². The van der Waals surface area contributed by atoms with Gasteiger partial charge in [0.15, 0.2) is 0 Å². The first-order valence-corrected chi connectivity index (χ1v) is 8.05. The Morgan fingerprint density at radius 1 is 1.24 bits per heavy atom. The molecule has 0 saturated carbocycles. The predicted octanol–water partition coefficient (Wildman–Crippen LogP) is 0.511. The van der Waals surface area contributed by atoms with Crippen molar-refractivity contribution in [1.29, 1.82) is 0 Å². The summed E-state index contributed by atoms with van der Waals surface area (Å²) in [5.41, 5.74) is 5.65. The van der Waals surface area contributed by atoms with Crippen LogP contribution in [0.25, 0.3) is 0 Å². The molecule has 0 bridgehead atoms. The average molecular weight is 297 g/mol. The molecule has 2 aliphatic rings. The molecule has 0 spiro atoms. The van der Waals surface area contributed by atoms with Crippen molar-refractivity contribution in [1.82, 2.24) is 9.80 Å². The van der Waals surface area contributed by atoms with Gasteiger partial charge in [-0.15, -0.1) is 0 Å². The highest BCUT2D eigenvalue weighted by Crippen LogP contribution is 2.26. The van der Waals surface area contributed by atoms with Gasteiger partial charge in [-0.3, -0.25) is 14.5 Å². The number of carboxylic acid groups (broad SMARTS) is 1. The van der Waals surface area contributed by atoms with E-state index in [-0.39, 0.29) is 17.9 Å². The van der Waals surface area contributed by atoms with E-state index in [0.717, 1.165) is 51.7 Å². The molecule has 3 N–H and O–H groups in total. The number of amides is 1. The van der Waals surface area contributed by atoms with E-state index in [2.05, 4.69) is 4.90 Å². The number of hydrogen-bond donors (Lipinski definition) is 2. The number of carbonyl (C=O) groups is 2. The lowest BCUT2D eigenvalue weighted by Crippen LogP contribution is -2.51. The average Bonchev–Trinajstić information content (AvgIpc) is 2.98. The van der Waals surface area contributed by atoms with Crippen LogP contribution in [0.2, 0.25) is 0 Å². The van der Waals surface area contributed by atoms with Crippen LogP contribution in [-0.2, 0) is 9.59 Å². The smallest absolute Gasteiger partial charge is 0.320 e. The number of rotatable bonds is 5. The molecule has 120 valence electrons. The van der Waals surface area contributed by atoms with E-state index in [4.69, 9.17) is 5.73 Å². The third-order valence-corrected chi connectivity index (χ3v) is 4.95. The van der Waals surface area contributed by atoms with Crippen molar-refractivity contribution in [2.24, 2.45) is 11.7 Å². The van der Waals surface area contributed by atoms with Crippen molar-refractivity contribution in [3.63, 3.8) is 0 Å². The Morgan fingerprint density at radius 2 is 1.90 bits per heavy atom. The molecular formula is C15H27N3O3. The number of nitrogens with zero attached hydrogens (tertiary/aromatic N) is 2. The summed E-state index contributed by atoms with van der Waals surface area (Å²) in [6, 6.07) is -0.0275. The molecule has 0 radical (unpaired) electrons. The summed E-state index contributed by atoms with van der Waals surface area (Å²) in [6.45, 7) is 4.72. The Balaban J connectivity index is 1.88. The van der Waals surface area contributed by atoms with Gasteiger partial charge in [0.2, 0.25) is 5.91 Å². The van der Waals surface area contributed by atoms with Crippen molar-refractivity contribution in [3.8, 4) is 0 Å². The lowest BCUT2D eigenvalue weighted by Gasteiger charge is -2.39. The summed E-state index contributed by atoms with van der Waals surface area (Å²) in [6.07, 6.45) is 4.23. The molecule has 2 fully saturated rings. The van der Waals surface area contributed by atoms with Crippen molar-refractivity contribution in [2.45, 2.75) is 51.1 Å². The van der Waals surface area contributed by atoms with Gasteiger partial charge in [-0.05, 0) is 38.6 Å². The van der Waals surface area contributed by atoms with E-state index < -0.39 is 5.97 Å². The predicted molar refractivity (Wildman–Crippen MR) is 79.8 cm³/mol. The first-order valence-electron chi connectivity index (χ1n) is 8.05. The molecule has 0 aliphatic carbocycles. The summed E-state index contributed by atoms with van der Waals surface area (Å²) in [7, 11) is 0. The van der Waals surface area contributed by atoms with Gasteiger partial charge >= 0.3 is 5.97 Å². The second-order valence-corrected chi connectivity index (χ2v) is 6.13. The van der Waals surface area contributed by atoms with Gasteiger partial charge in [0, 0.05) is 25.7 Å². The third kappa shape index (κ3) is 3.55. The fourth-order valence-electron chi connectivity index (χ4n) is 3.61. The summed E-state index contributed by atoms with van der Waals surface area (Å²) in [4.78, 5) is 27.6. The standard InChI is InChI=1S/C15H27N3O3/c1-2-11(10-16)14(19)17-8-5-12(6-9-17)18-7-3-4-13(18)15(20)21/h11-13H,2-10,16H2,1H3,(H,20,21). The molecule has 2 unspecified atom stereocenters. The first-order chi connectivity index (χ1) is 10.1. The maximum atomic E-state index is 12.3. The van der Waals surface area contributed by atoms with Crippen LogP contribution >= 0.6 is 0 Å². The second kappa shape index (κ2) is 7.22. The van der Waals surface area contributed by atoms with E-state index in [1.165, 1.54) is 0 Å². The van der Waals surface area contributed by atoms with Crippen LogP contribution in [0.5, 0.6) is 0 Å². The van der Waals surface area contributed by atoms with E-state index in [1.807, 2.05) is 11.8 Å². The van der Waals surface area contributed by atoms with Crippen LogP contribution < -0.4 is 5.73 Å². The summed E-state index contributed by atoms with van der Waals surface area (Å²) in [5, 5.41) is 9.27. The van der Waals surface area contributed by atoms with Crippen molar-refractivity contribution >= 4 is 11.9 Å². The van der Waals surface area contributed by atoms with E-state index in [1.54, 1.807) is 0 Å². The number of nitrogens with two attached hydrogens (primary N) is 1. The summed E-state index contributed by atoms with van der Waals surface area (Å²) in [5.74, 6) is -0.616. The van der Waals surface area contributed by atoms with Crippen LogP contribution in [0.1, 0.15) is 39.0 Å². The molecule has 0 aromatic carbocycles. The lowest BCUT2D eigenvalue weighted by molar-refractivity contribution is -0.144. The Labute approximate surface area is 126 Å². The minimum Gasteiger partial charge on any atom is -0.480 e. The highest BCUT2D eigenvalue weighted by molar-refractivity contribution is 5.79. The molecule has 2 saturated heterocycles. The number of piperidine rings is 1. The molecular weight excluding hydrogens is 270 g/mol. The molecule has 2 aliphatic heterocycles. The number of aliphatic carboxylic acids is 1. The van der Waals surface area contributed by atoms with Crippen molar-refractivity contribution in [3.05, 3.63) is 0 Å². The molecule has 2 heterocycles. The number of hydrogen-bond acceptors (Lipinski definition) is 4. The largest absolute Gasteiger partial charge is 0.480 e. The van der Waals surface area contributed by atoms with Gasteiger partial charge in [-0.2, -0.15) is 0 Å². The zero-order valence-electron chi connectivity index (χ0n) is 12.8. The van der Waals surface area contributed by atoms with E-state index in [9.17, 15) is 14.7 Å². The highest BCUT2D eigenvalue weighted by atomic mass is 16.4. The molecule has 6 nitrogen and oxygen atoms in total. The van der Waals surface area contributed by atoms with Gasteiger partial charge in [-0.25, -0.2) is 0 Å². The molecule has 0 aromatic heterocycles. The Morgan fingerprint density at radius 3 is 2.43 bits per heavy atom. The summed E-state index contributed by atoms with van der Waals surface area (Å²) < 4.78 is 0. The molecule has 2 atom stereocenters. The van der Waals surface area contributed by atoms with Crippen molar-refractivity contribution in [2.75, 3.05) is 26.2 Å². The lowest BCUT2D eigenvalue weighted by atomic mass is 9.99. The van der Waals surface area contributed by atoms with E-state index >= 15 is 0 Å². The van der Waals surface area contributed by atoms with Crippen LogP contribution in [0, 0.1) is 5.92 Å². The quantitative estimate of drug-likeness (QED) is 0.772. The van der Waals surface area contributed by atoms with Crippen LogP contribution in [-0.4, -0.2) is 65.0 Å².